The zero-order chi connectivity index (χ0) is 23.1. The summed E-state index contributed by atoms with van der Waals surface area (Å²) >= 11 is 0. The molecule has 0 N–H and O–H groups in total. The van der Waals surface area contributed by atoms with Crippen LogP contribution in [0.4, 0.5) is 0 Å². The molecular formula is C26H24O6. The smallest absolute Gasteiger partial charge is 0.343 e. The predicted octanol–water partition coefficient (Wildman–Crippen LogP) is 5.14. The van der Waals surface area contributed by atoms with Crippen LogP contribution < -0.4 is 18.9 Å². The van der Waals surface area contributed by atoms with Crippen molar-refractivity contribution in [2.45, 2.75) is 6.92 Å². The lowest BCUT2D eigenvalue weighted by atomic mass is 10.1. The number of ketones is 1. The molecule has 0 aliphatic rings. The quantitative estimate of drug-likeness (QED) is 0.213. The standard InChI is InChI=1S/C26H24O6/c1-17-7-5-6-8-20(17)26(28)32-24-13-10-18(15-25(24)31-4)9-12-22(27)21-16-19(29-2)11-14-23(21)30-3/h5-16H,1-4H3. The van der Waals surface area contributed by atoms with Crippen LogP contribution in [0.2, 0.25) is 0 Å². The summed E-state index contributed by atoms with van der Waals surface area (Å²) in [6.07, 6.45) is 3.09. The number of hydrogen-bond acceptors (Lipinski definition) is 6. The molecule has 0 aromatic heterocycles. The van der Waals surface area contributed by atoms with E-state index in [4.69, 9.17) is 18.9 Å². The highest BCUT2D eigenvalue weighted by molar-refractivity contribution is 6.09. The Kier molecular flexibility index (Phi) is 7.29. The third kappa shape index (κ3) is 5.16. The van der Waals surface area contributed by atoms with Crippen molar-refractivity contribution in [2.75, 3.05) is 21.3 Å². The van der Waals surface area contributed by atoms with Gasteiger partial charge in [0.2, 0.25) is 0 Å². The van der Waals surface area contributed by atoms with Crippen LogP contribution in [-0.2, 0) is 0 Å². The lowest BCUT2D eigenvalue weighted by Crippen LogP contribution is -2.10. The first kappa shape index (κ1) is 22.6. The summed E-state index contributed by atoms with van der Waals surface area (Å²) in [5.74, 6) is 0.972. The maximum Gasteiger partial charge on any atom is 0.343 e. The molecule has 0 unspecified atom stereocenters. The highest BCUT2D eigenvalue weighted by atomic mass is 16.6. The Bertz CT molecular complexity index is 1160. The fraction of sp³-hybridized carbons (Fsp3) is 0.154. The number of carbonyl (C=O) groups is 2. The second kappa shape index (κ2) is 10.3. The van der Waals surface area contributed by atoms with Gasteiger partial charge >= 0.3 is 5.97 Å². The number of esters is 1. The third-order valence-corrected chi connectivity index (χ3v) is 4.85. The number of carbonyl (C=O) groups excluding carboxylic acids is 2. The van der Waals surface area contributed by atoms with Gasteiger partial charge in [-0.1, -0.05) is 30.3 Å². The van der Waals surface area contributed by atoms with E-state index in [0.29, 0.717) is 39.7 Å². The van der Waals surface area contributed by atoms with Crippen molar-refractivity contribution in [3.05, 3.63) is 89.0 Å². The number of benzene rings is 3. The summed E-state index contributed by atoms with van der Waals surface area (Å²) in [5.41, 5.74) is 2.39. The van der Waals surface area contributed by atoms with E-state index >= 15 is 0 Å². The van der Waals surface area contributed by atoms with Crippen LogP contribution in [0.5, 0.6) is 23.0 Å². The Balaban J connectivity index is 1.80. The zero-order valence-electron chi connectivity index (χ0n) is 18.4. The van der Waals surface area contributed by atoms with E-state index < -0.39 is 5.97 Å². The number of methoxy groups -OCH3 is 3. The molecule has 0 amide bonds. The fourth-order valence-electron chi connectivity index (χ4n) is 3.10. The van der Waals surface area contributed by atoms with Crippen LogP contribution in [0.15, 0.2) is 66.7 Å². The summed E-state index contributed by atoms with van der Waals surface area (Å²) < 4.78 is 21.4. The second-order valence-corrected chi connectivity index (χ2v) is 6.88. The Morgan fingerprint density at radius 1 is 0.750 bits per heavy atom. The molecule has 3 rings (SSSR count). The number of allylic oxidation sites excluding steroid dienone is 1. The lowest BCUT2D eigenvalue weighted by Gasteiger charge is -2.11. The second-order valence-electron chi connectivity index (χ2n) is 6.88. The first-order valence-electron chi connectivity index (χ1n) is 9.87. The number of aryl methyl sites for hydroxylation is 1. The van der Waals surface area contributed by atoms with Gasteiger partial charge in [0.1, 0.15) is 11.5 Å². The Morgan fingerprint density at radius 3 is 2.16 bits per heavy atom. The van der Waals surface area contributed by atoms with Gasteiger partial charge in [0, 0.05) is 0 Å². The van der Waals surface area contributed by atoms with E-state index in [9.17, 15) is 9.59 Å². The minimum absolute atomic E-state index is 0.241. The summed E-state index contributed by atoms with van der Waals surface area (Å²) in [6.45, 7) is 1.84. The average Bonchev–Trinajstić information content (AvgIpc) is 2.82. The number of hydrogen-bond donors (Lipinski definition) is 0. The molecule has 0 aliphatic carbocycles. The first-order chi connectivity index (χ1) is 15.5. The van der Waals surface area contributed by atoms with Crippen molar-refractivity contribution in [1.29, 1.82) is 0 Å². The average molecular weight is 432 g/mol. The minimum Gasteiger partial charge on any atom is -0.497 e. The highest BCUT2D eigenvalue weighted by Crippen LogP contribution is 2.30. The number of rotatable bonds is 8. The van der Waals surface area contributed by atoms with Gasteiger partial charge in [-0.2, -0.15) is 0 Å². The van der Waals surface area contributed by atoms with Crippen LogP contribution in [0.25, 0.3) is 6.08 Å². The Hall–Kier alpha value is -4.06. The lowest BCUT2D eigenvalue weighted by molar-refractivity contribution is 0.0728. The maximum absolute atomic E-state index is 12.7. The summed E-state index contributed by atoms with van der Waals surface area (Å²) in [4.78, 5) is 25.2. The molecule has 0 saturated carbocycles. The molecule has 3 aromatic rings. The molecule has 3 aromatic carbocycles. The van der Waals surface area contributed by atoms with Crippen molar-refractivity contribution in [3.8, 4) is 23.0 Å². The van der Waals surface area contributed by atoms with Crippen molar-refractivity contribution in [2.24, 2.45) is 0 Å². The van der Waals surface area contributed by atoms with E-state index in [1.54, 1.807) is 54.6 Å². The molecule has 0 atom stereocenters. The SMILES string of the molecule is COc1ccc(OC)c(C(=O)C=Cc2ccc(OC(=O)c3ccccc3C)c(OC)c2)c1. The molecule has 164 valence electrons. The molecule has 0 aliphatic heterocycles. The van der Waals surface area contributed by atoms with Crippen molar-refractivity contribution >= 4 is 17.8 Å². The molecule has 0 spiro atoms. The van der Waals surface area contributed by atoms with Gasteiger partial charge in [-0.15, -0.1) is 0 Å². The van der Waals surface area contributed by atoms with Crippen LogP contribution in [-0.4, -0.2) is 33.1 Å². The van der Waals surface area contributed by atoms with Gasteiger partial charge in [0.25, 0.3) is 0 Å². The summed E-state index contributed by atoms with van der Waals surface area (Å²) in [5, 5.41) is 0. The molecule has 6 nitrogen and oxygen atoms in total. The van der Waals surface area contributed by atoms with Gasteiger partial charge in [0.05, 0.1) is 32.5 Å². The van der Waals surface area contributed by atoms with Crippen molar-refractivity contribution in [1.82, 2.24) is 0 Å². The topological polar surface area (TPSA) is 71.1 Å². The van der Waals surface area contributed by atoms with Crippen molar-refractivity contribution in [3.63, 3.8) is 0 Å². The van der Waals surface area contributed by atoms with Gasteiger partial charge in [-0.3, -0.25) is 4.79 Å². The zero-order valence-corrected chi connectivity index (χ0v) is 18.4. The number of ether oxygens (including phenoxy) is 4. The fourth-order valence-corrected chi connectivity index (χ4v) is 3.10. The van der Waals surface area contributed by atoms with Gasteiger partial charge in [0.15, 0.2) is 17.3 Å². The van der Waals surface area contributed by atoms with E-state index in [-0.39, 0.29) is 5.78 Å². The minimum atomic E-state index is -0.468. The van der Waals surface area contributed by atoms with Gasteiger partial charge in [-0.05, 0) is 60.5 Å². The molecule has 0 radical (unpaired) electrons. The highest BCUT2D eigenvalue weighted by Gasteiger charge is 2.15. The molecule has 0 fully saturated rings. The van der Waals surface area contributed by atoms with Crippen LogP contribution >= 0.6 is 0 Å². The molecule has 6 heteroatoms. The predicted molar refractivity (Wildman–Crippen MR) is 122 cm³/mol. The molecular weight excluding hydrogens is 408 g/mol. The Morgan fingerprint density at radius 2 is 1.47 bits per heavy atom. The summed E-state index contributed by atoms with van der Waals surface area (Å²) in [6, 6.07) is 17.3. The monoisotopic (exact) mass is 432 g/mol. The molecule has 0 bridgehead atoms. The van der Waals surface area contributed by atoms with E-state index in [1.807, 2.05) is 19.1 Å². The first-order valence-corrected chi connectivity index (χ1v) is 9.87. The maximum atomic E-state index is 12.7. The normalized spacial score (nSPS) is 10.6. The molecule has 0 heterocycles. The molecule has 0 saturated heterocycles. The third-order valence-electron chi connectivity index (χ3n) is 4.85. The van der Waals surface area contributed by atoms with Crippen LogP contribution in [0, 0.1) is 6.92 Å². The Labute approximate surface area is 187 Å². The van der Waals surface area contributed by atoms with Crippen molar-refractivity contribution < 1.29 is 28.5 Å². The van der Waals surface area contributed by atoms with Crippen LogP contribution in [0.1, 0.15) is 31.8 Å². The largest absolute Gasteiger partial charge is 0.497 e. The van der Waals surface area contributed by atoms with E-state index in [1.165, 1.54) is 27.4 Å². The van der Waals surface area contributed by atoms with Gasteiger partial charge < -0.3 is 18.9 Å². The van der Waals surface area contributed by atoms with E-state index in [0.717, 1.165) is 5.56 Å². The summed E-state index contributed by atoms with van der Waals surface area (Å²) in [7, 11) is 4.52. The van der Waals surface area contributed by atoms with Gasteiger partial charge in [-0.25, -0.2) is 4.79 Å². The van der Waals surface area contributed by atoms with Crippen LogP contribution in [0.3, 0.4) is 0 Å². The molecule has 32 heavy (non-hydrogen) atoms. The van der Waals surface area contributed by atoms with E-state index in [2.05, 4.69) is 0 Å².